The number of Topliss-reactive ketones (excluding diaryl/α,β-unsaturated/α-hetero) is 1. The molecule has 0 fully saturated rings. The van der Waals surface area contributed by atoms with Crippen LogP contribution in [0.2, 0.25) is 0 Å². The maximum Gasteiger partial charge on any atom is 0.427 e. The molecule has 0 radical (unpaired) electrons. The van der Waals surface area contributed by atoms with Crippen LogP contribution in [-0.4, -0.2) is 28.8 Å². The number of alkyl halides is 6. The van der Waals surface area contributed by atoms with Crippen LogP contribution in [0.1, 0.15) is 17.3 Å². The van der Waals surface area contributed by atoms with Crippen molar-refractivity contribution in [2.45, 2.75) is 24.9 Å². The number of benzene rings is 1. The van der Waals surface area contributed by atoms with E-state index in [1.807, 2.05) is 0 Å². The van der Waals surface area contributed by atoms with E-state index in [1.165, 1.54) is 18.2 Å². The van der Waals surface area contributed by atoms with Crippen LogP contribution in [0.4, 0.5) is 26.3 Å². The number of aliphatic hydroxyl groups is 1. The molecule has 0 aliphatic carbocycles. The third-order valence-corrected chi connectivity index (χ3v) is 2.94. The average Bonchev–Trinajstić information content (AvgIpc) is 2.34. The third-order valence-electron chi connectivity index (χ3n) is 2.94. The van der Waals surface area contributed by atoms with Crippen molar-refractivity contribution in [3.05, 3.63) is 35.9 Å². The Kier molecular flexibility index (Phi) is 4.19. The molecule has 112 valence electrons. The smallest absolute Gasteiger partial charge is 0.373 e. The summed E-state index contributed by atoms with van der Waals surface area (Å²) in [6.45, 7) is 0.399. The maximum atomic E-state index is 12.6. The van der Waals surface area contributed by atoms with Crippen LogP contribution in [0.3, 0.4) is 0 Å². The standard InChI is InChI=1S/C12H10F6O2/c1-7(9(19)8-5-3-2-4-6-8)10(20,11(13,14)15)12(16,17)18/h2-7,20H,1H3. The molecule has 1 aromatic carbocycles. The van der Waals surface area contributed by atoms with Crippen LogP contribution >= 0.6 is 0 Å². The highest BCUT2D eigenvalue weighted by Crippen LogP contribution is 2.48. The molecule has 0 saturated heterocycles. The maximum absolute atomic E-state index is 12.6. The van der Waals surface area contributed by atoms with Gasteiger partial charge in [-0.3, -0.25) is 4.79 Å². The highest BCUT2D eigenvalue weighted by molar-refractivity contribution is 5.98. The molecule has 0 spiro atoms. The van der Waals surface area contributed by atoms with Crippen molar-refractivity contribution in [1.29, 1.82) is 0 Å². The van der Waals surface area contributed by atoms with Crippen molar-refractivity contribution in [2.75, 3.05) is 0 Å². The van der Waals surface area contributed by atoms with E-state index in [0.717, 1.165) is 12.1 Å². The lowest BCUT2D eigenvalue weighted by atomic mass is 9.82. The molecule has 8 heteroatoms. The number of hydrogen-bond acceptors (Lipinski definition) is 2. The predicted molar refractivity (Wildman–Crippen MR) is 57.0 cm³/mol. The van der Waals surface area contributed by atoms with Gasteiger partial charge in [0.1, 0.15) is 0 Å². The van der Waals surface area contributed by atoms with Crippen LogP contribution in [-0.2, 0) is 0 Å². The molecule has 0 bridgehead atoms. The van der Waals surface area contributed by atoms with Crippen molar-refractivity contribution in [2.24, 2.45) is 5.92 Å². The van der Waals surface area contributed by atoms with Crippen molar-refractivity contribution in [3.63, 3.8) is 0 Å². The molecule has 2 nitrogen and oxygen atoms in total. The lowest BCUT2D eigenvalue weighted by Gasteiger charge is -2.36. The minimum atomic E-state index is -6.02. The Hall–Kier alpha value is -1.57. The van der Waals surface area contributed by atoms with Gasteiger partial charge in [-0.05, 0) is 0 Å². The molecule has 0 heterocycles. The first-order valence-electron chi connectivity index (χ1n) is 5.38. The van der Waals surface area contributed by atoms with E-state index >= 15 is 0 Å². The zero-order valence-electron chi connectivity index (χ0n) is 10.1. The summed E-state index contributed by atoms with van der Waals surface area (Å²) in [5, 5.41) is 9.11. The molecule has 0 aliphatic heterocycles. The topological polar surface area (TPSA) is 37.3 Å². The van der Waals surface area contributed by atoms with E-state index in [0.29, 0.717) is 6.92 Å². The van der Waals surface area contributed by atoms with Gasteiger partial charge in [-0.1, -0.05) is 37.3 Å². The fraction of sp³-hybridized carbons (Fsp3) is 0.417. The molecule has 0 aromatic heterocycles. The quantitative estimate of drug-likeness (QED) is 0.686. The largest absolute Gasteiger partial charge is 0.427 e. The van der Waals surface area contributed by atoms with Crippen LogP contribution in [0.5, 0.6) is 0 Å². The second-order valence-corrected chi connectivity index (χ2v) is 4.21. The summed E-state index contributed by atoms with van der Waals surface area (Å²) in [5.74, 6) is -4.16. The lowest BCUT2D eigenvalue weighted by Crippen LogP contribution is -2.62. The Morgan fingerprint density at radius 2 is 1.40 bits per heavy atom. The molecule has 1 rings (SSSR count). The number of hydrogen-bond donors (Lipinski definition) is 1. The summed E-state index contributed by atoms with van der Waals surface area (Å²) in [5.41, 5.74) is -5.43. The van der Waals surface area contributed by atoms with Gasteiger partial charge in [0.15, 0.2) is 5.78 Å². The van der Waals surface area contributed by atoms with Gasteiger partial charge in [-0.2, -0.15) is 26.3 Å². The number of carbonyl (C=O) groups is 1. The summed E-state index contributed by atoms with van der Waals surface area (Å²) in [6, 6.07) is 6.18. The Labute approximate surface area is 110 Å². The zero-order valence-corrected chi connectivity index (χ0v) is 10.1. The van der Waals surface area contributed by atoms with E-state index in [-0.39, 0.29) is 5.56 Å². The van der Waals surface area contributed by atoms with Crippen molar-refractivity contribution >= 4 is 5.78 Å². The van der Waals surface area contributed by atoms with Gasteiger partial charge < -0.3 is 5.11 Å². The van der Waals surface area contributed by atoms with E-state index in [1.54, 1.807) is 0 Å². The summed E-state index contributed by atoms with van der Waals surface area (Å²) in [7, 11) is 0. The summed E-state index contributed by atoms with van der Waals surface area (Å²) in [4.78, 5) is 11.7. The van der Waals surface area contributed by atoms with E-state index < -0.39 is 29.7 Å². The minimum Gasteiger partial charge on any atom is -0.373 e. The second kappa shape index (κ2) is 5.08. The fourth-order valence-corrected chi connectivity index (χ4v) is 1.69. The Bertz CT molecular complexity index is 463. The molecule has 0 amide bonds. The van der Waals surface area contributed by atoms with Crippen molar-refractivity contribution in [1.82, 2.24) is 0 Å². The van der Waals surface area contributed by atoms with Crippen molar-refractivity contribution in [3.8, 4) is 0 Å². The minimum absolute atomic E-state index is 0.341. The van der Waals surface area contributed by atoms with E-state index in [9.17, 15) is 31.1 Å². The molecule has 1 atom stereocenters. The number of halogens is 6. The predicted octanol–water partition coefficient (Wildman–Crippen LogP) is 3.36. The molecule has 1 aromatic rings. The zero-order chi connectivity index (χ0) is 15.8. The Morgan fingerprint density at radius 3 is 1.75 bits per heavy atom. The second-order valence-electron chi connectivity index (χ2n) is 4.21. The van der Waals surface area contributed by atoms with Crippen LogP contribution in [0.25, 0.3) is 0 Å². The van der Waals surface area contributed by atoms with Gasteiger partial charge in [0, 0.05) is 5.56 Å². The highest BCUT2D eigenvalue weighted by Gasteiger charge is 2.74. The van der Waals surface area contributed by atoms with Crippen LogP contribution in [0.15, 0.2) is 30.3 Å². The summed E-state index contributed by atoms with van der Waals surface area (Å²) < 4.78 is 75.6. The Morgan fingerprint density at radius 1 is 1.00 bits per heavy atom. The average molecular weight is 300 g/mol. The van der Waals surface area contributed by atoms with Gasteiger partial charge in [0.2, 0.25) is 0 Å². The first-order chi connectivity index (χ1) is 8.93. The van der Waals surface area contributed by atoms with Gasteiger partial charge in [0.25, 0.3) is 5.60 Å². The monoisotopic (exact) mass is 300 g/mol. The Balaban J connectivity index is 3.27. The van der Waals surface area contributed by atoms with Gasteiger partial charge in [-0.15, -0.1) is 0 Å². The van der Waals surface area contributed by atoms with Crippen molar-refractivity contribution < 1.29 is 36.2 Å². The molecule has 0 aliphatic rings. The molecule has 1 N–H and O–H groups in total. The first-order valence-corrected chi connectivity index (χ1v) is 5.38. The van der Waals surface area contributed by atoms with E-state index in [2.05, 4.69) is 0 Å². The van der Waals surface area contributed by atoms with Crippen LogP contribution in [0, 0.1) is 5.92 Å². The number of rotatable bonds is 3. The summed E-state index contributed by atoms with van der Waals surface area (Å²) >= 11 is 0. The summed E-state index contributed by atoms with van der Waals surface area (Å²) in [6.07, 6.45) is -12.0. The number of ketones is 1. The lowest BCUT2D eigenvalue weighted by molar-refractivity contribution is -0.377. The van der Waals surface area contributed by atoms with Crippen LogP contribution < -0.4 is 0 Å². The fourth-order valence-electron chi connectivity index (χ4n) is 1.69. The normalized spacial score (nSPS) is 15.0. The highest BCUT2D eigenvalue weighted by atomic mass is 19.4. The van der Waals surface area contributed by atoms with E-state index in [4.69, 9.17) is 5.11 Å². The third kappa shape index (κ3) is 2.65. The molecular formula is C12H10F6O2. The SMILES string of the molecule is CC(C(=O)c1ccccc1)C(O)(C(F)(F)F)C(F)(F)F. The first kappa shape index (κ1) is 16.5. The molecular weight excluding hydrogens is 290 g/mol. The molecule has 20 heavy (non-hydrogen) atoms. The van der Waals surface area contributed by atoms with Gasteiger partial charge in [-0.25, -0.2) is 0 Å². The molecule has 1 unspecified atom stereocenters. The van der Waals surface area contributed by atoms with Gasteiger partial charge >= 0.3 is 12.4 Å². The van der Waals surface area contributed by atoms with Gasteiger partial charge in [0.05, 0.1) is 5.92 Å². The molecule has 0 saturated carbocycles. The number of carbonyl (C=O) groups excluding carboxylic acids is 1.